The number of carboxylic acids is 1. The quantitative estimate of drug-likeness (QED) is 0.107. The Morgan fingerprint density at radius 1 is 0.897 bits per heavy atom. The molecule has 0 aliphatic carbocycles. The number of likely N-dealkylation sites (tertiary alicyclic amines) is 1. The summed E-state index contributed by atoms with van der Waals surface area (Å²) in [6, 6.07) is 3.66. The molecular weight excluding hydrogens is 748 g/mol. The molecular formula is C42H70N6O10. The van der Waals surface area contributed by atoms with Crippen LogP contribution in [0.3, 0.4) is 0 Å². The minimum absolute atomic E-state index is 0.0824. The van der Waals surface area contributed by atoms with Crippen LogP contribution in [0.1, 0.15) is 79.7 Å². The highest BCUT2D eigenvalue weighted by Gasteiger charge is 2.44. The monoisotopic (exact) mass is 819 g/mol. The molecule has 1 fully saturated rings. The maximum absolute atomic E-state index is 14.4. The summed E-state index contributed by atoms with van der Waals surface area (Å²) in [5, 5.41) is 24.9. The Labute approximate surface area is 344 Å². The number of carbonyl (C=O) groups is 6. The van der Waals surface area contributed by atoms with Crippen molar-refractivity contribution >= 4 is 35.5 Å². The number of hydrogen-bond acceptors (Lipinski definition) is 10. The van der Waals surface area contributed by atoms with Gasteiger partial charge in [-0.2, -0.15) is 0 Å². The number of aliphatic carboxylic acids is 1. The molecule has 1 saturated heterocycles. The molecule has 5 amide bonds. The van der Waals surface area contributed by atoms with Crippen LogP contribution in [0, 0.1) is 23.7 Å². The zero-order valence-electron chi connectivity index (χ0n) is 36.3. The lowest BCUT2D eigenvalue weighted by Crippen LogP contribution is -2.61. The van der Waals surface area contributed by atoms with Gasteiger partial charge in [-0.15, -0.1) is 0 Å². The smallest absolute Gasteiger partial charge is 0.326 e. The van der Waals surface area contributed by atoms with Crippen molar-refractivity contribution in [2.24, 2.45) is 29.4 Å². The average Bonchev–Trinajstić information content (AvgIpc) is 3.68. The van der Waals surface area contributed by atoms with Crippen molar-refractivity contribution in [3.05, 3.63) is 35.9 Å². The van der Waals surface area contributed by atoms with Gasteiger partial charge < -0.3 is 50.8 Å². The van der Waals surface area contributed by atoms with E-state index in [0.29, 0.717) is 25.8 Å². The van der Waals surface area contributed by atoms with Gasteiger partial charge in [0.1, 0.15) is 24.2 Å². The molecule has 328 valence electrons. The average molecular weight is 819 g/mol. The molecule has 58 heavy (non-hydrogen) atoms. The molecule has 0 bridgehead atoms. The standard InChI is InChI=1S/C42H70N6O10/c1-12-26(6)36(47(9)41(54)34(24(2)3)45-39(52)35(25(4)5)46(8)40(53)29(43)23-49)32(57-10)22-33(50)48-20-16-19-31(48)37(58-11)27(7)38(51)44-30(42(55)56)21-28-17-14-13-15-18-28/h13-15,17-18,24-27,29-32,34-37,49H,12,16,19-23,43H2,1-11H3,(H,44,51)(H,45,52)(H,55,56)/t26-,27+,29+,30-,31-,32+,34-,35-,36-,37+/m0/s1. The summed E-state index contributed by atoms with van der Waals surface area (Å²) in [6.07, 6.45) is 0.432. The number of ether oxygens (including phenoxy) is 2. The Bertz CT molecular complexity index is 1510. The molecule has 16 heteroatoms. The summed E-state index contributed by atoms with van der Waals surface area (Å²) >= 11 is 0. The summed E-state index contributed by atoms with van der Waals surface area (Å²) < 4.78 is 11.8. The fraction of sp³-hybridized carbons (Fsp3) is 0.714. The van der Waals surface area contributed by atoms with Gasteiger partial charge in [-0.3, -0.25) is 24.0 Å². The van der Waals surface area contributed by atoms with E-state index in [-0.39, 0.29) is 36.5 Å². The van der Waals surface area contributed by atoms with E-state index in [0.717, 1.165) is 5.56 Å². The largest absolute Gasteiger partial charge is 0.480 e. The lowest BCUT2D eigenvalue weighted by atomic mass is 9.89. The first-order valence-electron chi connectivity index (χ1n) is 20.4. The van der Waals surface area contributed by atoms with E-state index < -0.39 is 90.6 Å². The van der Waals surface area contributed by atoms with E-state index in [2.05, 4.69) is 10.6 Å². The third-order valence-electron chi connectivity index (χ3n) is 11.6. The number of nitrogens with two attached hydrogens (primary N) is 1. The topological polar surface area (TPSA) is 221 Å². The summed E-state index contributed by atoms with van der Waals surface area (Å²) in [5.41, 5.74) is 6.54. The molecule has 0 unspecified atom stereocenters. The molecule has 1 aliphatic heterocycles. The second-order valence-electron chi connectivity index (χ2n) is 16.3. The van der Waals surface area contributed by atoms with Gasteiger partial charge in [-0.05, 0) is 36.2 Å². The van der Waals surface area contributed by atoms with Crippen LogP contribution in [0.2, 0.25) is 0 Å². The fourth-order valence-corrected chi connectivity index (χ4v) is 8.03. The number of likely N-dealkylation sites (N-methyl/N-ethyl adjacent to an activating group) is 2. The number of aliphatic hydroxyl groups excluding tert-OH is 1. The number of benzene rings is 1. The van der Waals surface area contributed by atoms with Crippen LogP contribution < -0.4 is 16.4 Å². The molecule has 6 N–H and O–H groups in total. The van der Waals surface area contributed by atoms with Crippen molar-refractivity contribution in [2.45, 2.75) is 129 Å². The van der Waals surface area contributed by atoms with Crippen LogP contribution >= 0.6 is 0 Å². The normalized spacial score (nSPS) is 18.9. The number of aliphatic hydroxyl groups is 1. The van der Waals surface area contributed by atoms with Crippen molar-refractivity contribution in [2.75, 3.05) is 41.5 Å². The highest BCUT2D eigenvalue weighted by atomic mass is 16.5. The van der Waals surface area contributed by atoms with Crippen LogP contribution in [0.4, 0.5) is 0 Å². The van der Waals surface area contributed by atoms with Crippen LogP contribution in [0.15, 0.2) is 30.3 Å². The van der Waals surface area contributed by atoms with Gasteiger partial charge in [0.05, 0.1) is 43.2 Å². The lowest BCUT2D eigenvalue weighted by Gasteiger charge is -2.41. The summed E-state index contributed by atoms with van der Waals surface area (Å²) in [4.78, 5) is 85.3. The number of carboxylic acid groups (broad SMARTS) is 1. The molecule has 0 spiro atoms. The van der Waals surface area contributed by atoms with E-state index in [1.165, 1.54) is 26.2 Å². The van der Waals surface area contributed by atoms with Crippen molar-refractivity contribution in [3.8, 4) is 0 Å². The number of hydrogen-bond donors (Lipinski definition) is 5. The van der Waals surface area contributed by atoms with Crippen molar-refractivity contribution < 1.29 is 48.5 Å². The number of rotatable bonds is 23. The SMILES string of the molecule is CC[C@H](C)[C@@H]([C@@H](CC(=O)N1CCC[C@H]1[C@H](OC)[C@@H](C)C(=O)N[C@@H](Cc1ccccc1)C(=O)O)OC)N(C)C(=O)[C@@H](NC(=O)[C@H](C(C)C)N(C)C(=O)[C@H](N)CO)C(C)C. The first-order chi connectivity index (χ1) is 27.3. The number of carbonyl (C=O) groups excluding carboxylic acids is 5. The fourth-order valence-electron chi connectivity index (χ4n) is 8.03. The highest BCUT2D eigenvalue weighted by Crippen LogP contribution is 2.30. The Morgan fingerprint density at radius 3 is 2.02 bits per heavy atom. The molecule has 10 atom stereocenters. The number of nitrogens with one attached hydrogen (secondary N) is 2. The third-order valence-corrected chi connectivity index (χ3v) is 11.6. The highest BCUT2D eigenvalue weighted by molar-refractivity contribution is 5.93. The van der Waals surface area contributed by atoms with Crippen molar-refractivity contribution in [1.29, 1.82) is 0 Å². The summed E-state index contributed by atoms with van der Waals surface area (Å²) in [7, 11) is 6.04. The number of methoxy groups -OCH3 is 2. The molecule has 1 aromatic rings. The van der Waals surface area contributed by atoms with Crippen molar-refractivity contribution in [1.82, 2.24) is 25.3 Å². The Hall–Kier alpha value is -4.12. The Balaban J connectivity index is 2.30. The molecule has 1 aromatic carbocycles. The second-order valence-corrected chi connectivity index (χ2v) is 16.3. The molecule has 0 aromatic heterocycles. The first-order valence-corrected chi connectivity index (χ1v) is 20.4. The molecule has 1 heterocycles. The van der Waals surface area contributed by atoms with Crippen LogP contribution in [-0.2, 0) is 44.7 Å². The molecule has 0 radical (unpaired) electrons. The zero-order chi connectivity index (χ0) is 44.0. The summed E-state index contributed by atoms with van der Waals surface area (Å²) in [5.74, 6) is -5.07. The maximum atomic E-state index is 14.4. The van der Waals surface area contributed by atoms with Gasteiger partial charge >= 0.3 is 5.97 Å². The van der Waals surface area contributed by atoms with E-state index in [1.54, 1.807) is 75.7 Å². The zero-order valence-corrected chi connectivity index (χ0v) is 36.3. The third kappa shape index (κ3) is 12.9. The van der Waals surface area contributed by atoms with Crippen LogP contribution in [0.25, 0.3) is 0 Å². The van der Waals surface area contributed by atoms with Gasteiger partial charge in [0, 0.05) is 41.3 Å². The van der Waals surface area contributed by atoms with E-state index in [4.69, 9.17) is 15.2 Å². The van der Waals surface area contributed by atoms with E-state index in [9.17, 15) is 39.0 Å². The number of nitrogens with zero attached hydrogens (tertiary/aromatic N) is 3. The second kappa shape index (κ2) is 23.5. The predicted octanol–water partition coefficient (Wildman–Crippen LogP) is 1.66. The van der Waals surface area contributed by atoms with Gasteiger partial charge in [0.25, 0.3) is 0 Å². The van der Waals surface area contributed by atoms with Crippen molar-refractivity contribution in [3.63, 3.8) is 0 Å². The molecule has 16 nitrogen and oxygen atoms in total. The van der Waals surface area contributed by atoms with Gasteiger partial charge in [0.15, 0.2) is 0 Å². The lowest BCUT2D eigenvalue weighted by molar-refractivity contribution is -0.149. The van der Waals surface area contributed by atoms with Crippen LogP contribution in [-0.4, -0.2) is 150 Å². The Morgan fingerprint density at radius 2 is 1.52 bits per heavy atom. The summed E-state index contributed by atoms with van der Waals surface area (Å²) in [6.45, 7) is 12.6. The molecule has 2 rings (SSSR count). The molecule has 0 saturated carbocycles. The van der Waals surface area contributed by atoms with Crippen LogP contribution in [0.5, 0.6) is 0 Å². The minimum atomic E-state index is -1.20. The van der Waals surface area contributed by atoms with Gasteiger partial charge in [-0.25, -0.2) is 4.79 Å². The molecule has 1 aliphatic rings. The van der Waals surface area contributed by atoms with Gasteiger partial charge in [-0.1, -0.05) is 85.2 Å². The Kier molecular flexibility index (Phi) is 20.2. The predicted molar refractivity (Wildman–Crippen MR) is 219 cm³/mol. The maximum Gasteiger partial charge on any atom is 0.326 e. The van der Waals surface area contributed by atoms with Gasteiger partial charge in [0.2, 0.25) is 29.5 Å². The van der Waals surface area contributed by atoms with E-state index in [1.807, 2.05) is 19.9 Å². The first kappa shape index (κ1) is 50.0. The van der Waals surface area contributed by atoms with E-state index >= 15 is 0 Å². The minimum Gasteiger partial charge on any atom is -0.480 e. The number of amides is 5.